The highest BCUT2D eigenvalue weighted by atomic mass is 16.5. The molecule has 0 atom stereocenters. The molecule has 1 aromatic heterocycles. The molecule has 0 radical (unpaired) electrons. The van der Waals surface area contributed by atoms with Crippen molar-refractivity contribution < 1.29 is 23.4 Å². The lowest BCUT2D eigenvalue weighted by Gasteiger charge is -2.05. The first-order valence-electron chi connectivity index (χ1n) is 8.29. The largest absolute Gasteiger partial charge is 0.497 e. The summed E-state index contributed by atoms with van der Waals surface area (Å²) in [6, 6.07) is 12.4. The van der Waals surface area contributed by atoms with Crippen molar-refractivity contribution in [2.45, 2.75) is 0 Å². The number of amides is 1. The Balaban J connectivity index is 1.67. The zero-order valence-corrected chi connectivity index (χ0v) is 15.6. The van der Waals surface area contributed by atoms with Crippen LogP contribution >= 0.6 is 0 Å². The number of rotatable bonds is 7. The first kappa shape index (κ1) is 19.0. The number of nitrogens with one attached hydrogen (secondary N) is 1. The van der Waals surface area contributed by atoms with Crippen LogP contribution in [0.3, 0.4) is 0 Å². The molecule has 1 heterocycles. The molecule has 0 aliphatic rings. The fourth-order valence-corrected chi connectivity index (χ4v) is 2.37. The van der Waals surface area contributed by atoms with Gasteiger partial charge in [0.25, 0.3) is 5.91 Å². The minimum atomic E-state index is -0.491. The average Bonchev–Trinajstić information content (AvgIpc) is 3.24. The summed E-state index contributed by atoms with van der Waals surface area (Å²) in [4.78, 5) is 16.4. The monoisotopic (exact) mass is 381 g/mol. The molecule has 0 saturated heterocycles. The summed E-state index contributed by atoms with van der Waals surface area (Å²) >= 11 is 0. The van der Waals surface area contributed by atoms with Crippen LogP contribution in [0.4, 0.5) is 0 Å². The van der Waals surface area contributed by atoms with E-state index < -0.39 is 5.91 Å². The first-order valence-corrected chi connectivity index (χ1v) is 8.29. The van der Waals surface area contributed by atoms with Crippen LogP contribution in [0.2, 0.25) is 0 Å². The Hall–Kier alpha value is -3.81. The van der Waals surface area contributed by atoms with E-state index in [0.717, 1.165) is 11.3 Å². The van der Waals surface area contributed by atoms with Gasteiger partial charge < -0.3 is 18.6 Å². The van der Waals surface area contributed by atoms with Crippen LogP contribution in [0.25, 0.3) is 11.5 Å². The number of hydrazone groups is 1. The number of carbonyl (C=O) groups is 1. The quantitative estimate of drug-likeness (QED) is 0.499. The maximum absolute atomic E-state index is 12.2. The molecule has 0 bridgehead atoms. The molecule has 8 heteroatoms. The smallest absolute Gasteiger partial charge is 0.293 e. The second-order valence-corrected chi connectivity index (χ2v) is 5.61. The van der Waals surface area contributed by atoms with Crippen LogP contribution in [0.15, 0.2) is 58.2 Å². The van der Waals surface area contributed by atoms with Gasteiger partial charge in [0.05, 0.1) is 27.5 Å². The average molecular weight is 381 g/mol. The molecule has 144 valence electrons. The predicted molar refractivity (Wildman–Crippen MR) is 103 cm³/mol. The molecule has 0 fully saturated rings. The molecule has 0 spiro atoms. The molecule has 2 aromatic carbocycles. The molecular weight excluding hydrogens is 362 g/mol. The van der Waals surface area contributed by atoms with E-state index in [0.29, 0.717) is 23.0 Å². The molecule has 0 unspecified atom stereocenters. The SMILES string of the molecule is COc1ccc(-c2nc(C(=O)N/N=C/c3cc(OC)cc(OC)c3)co2)cc1. The number of nitrogens with zero attached hydrogens (tertiary/aromatic N) is 2. The van der Waals surface area contributed by atoms with Gasteiger partial charge in [-0.1, -0.05) is 0 Å². The zero-order chi connectivity index (χ0) is 19.9. The fourth-order valence-electron chi connectivity index (χ4n) is 2.37. The Morgan fingerprint density at radius 3 is 2.25 bits per heavy atom. The van der Waals surface area contributed by atoms with Crippen molar-refractivity contribution in [3.63, 3.8) is 0 Å². The molecule has 0 aliphatic carbocycles. The lowest BCUT2D eigenvalue weighted by atomic mass is 10.2. The topological polar surface area (TPSA) is 95.2 Å². The van der Waals surface area contributed by atoms with Crippen molar-refractivity contribution in [1.29, 1.82) is 0 Å². The summed E-state index contributed by atoms with van der Waals surface area (Å²) in [6.45, 7) is 0. The van der Waals surface area contributed by atoms with Crippen molar-refractivity contribution in [3.05, 3.63) is 60.0 Å². The molecular formula is C20H19N3O5. The number of methoxy groups -OCH3 is 3. The highest BCUT2D eigenvalue weighted by Gasteiger charge is 2.13. The molecule has 8 nitrogen and oxygen atoms in total. The van der Waals surface area contributed by atoms with Gasteiger partial charge in [0.2, 0.25) is 5.89 Å². The molecule has 3 aromatic rings. The number of benzene rings is 2. The highest BCUT2D eigenvalue weighted by Crippen LogP contribution is 2.22. The third-order valence-corrected chi connectivity index (χ3v) is 3.83. The summed E-state index contributed by atoms with van der Waals surface area (Å²) < 4.78 is 20.9. The normalized spacial score (nSPS) is 10.7. The molecule has 0 saturated carbocycles. The Morgan fingerprint density at radius 1 is 1.00 bits per heavy atom. The van der Waals surface area contributed by atoms with E-state index in [1.54, 1.807) is 63.8 Å². The Labute approximate surface area is 161 Å². The van der Waals surface area contributed by atoms with Gasteiger partial charge in [-0.3, -0.25) is 4.79 Å². The van der Waals surface area contributed by atoms with E-state index >= 15 is 0 Å². The number of oxazole rings is 1. The van der Waals surface area contributed by atoms with Crippen molar-refractivity contribution in [1.82, 2.24) is 10.4 Å². The van der Waals surface area contributed by atoms with E-state index in [9.17, 15) is 4.79 Å². The lowest BCUT2D eigenvalue weighted by Crippen LogP contribution is -2.17. The van der Waals surface area contributed by atoms with Gasteiger partial charge in [0.1, 0.15) is 23.5 Å². The maximum Gasteiger partial charge on any atom is 0.293 e. The van der Waals surface area contributed by atoms with Gasteiger partial charge >= 0.3 is 0 Å². The Bertz CT molecular complexity index is 958. The molecule has 0 aliphatic heterocycles. The number of ether oxygens (including phenoxy) is 3. The Morgan fingerprint density at radius 2 is 1.64 bits per heavy atom. The number of hydrogen-bond acceptors (Lipinski definition) is 7. The molecule has 28 heavy (non-hydrogen) atoms. The second kappa shape index (κ2) is 8.72. The summed E-state index contributed by atoms with van der Waals surface area (Å²) in [6.07, 6.45) is 2.76. The van der Waals surface area contributed by atoms with Gasteiger partial charge in [-0.25, -0.2) is 10.4 Å². The van der Waals surface area contributed by atoms with Gasteiger partial charge in [0.15, 0.2) is 5.69 Å². The van der Waals surface area contributed by atoms with E-state index in [-0.39, 0.29) is 5.69 Å². The van der Waals surface area contributed by atoms with E-state index in [1.807, 2.05) is 0 Å². The minimum absolute atomic E-state index is 0.117. The maximum atomic E-state index is 12.2. The van der Waals surface area contributed by atoms with E-state index in [2.05, 4.69) is 15.5 Å². The third-order valence-electron chi connectivity index (χ3n) is 3.83. The van der Waals surface area contributed by atoms with Crippen molar-refractivity contribution in [2.75, 3.05) is 21.3 Å². The molecule has 3 rings (SSSR count). The van der Waals surface area contributed by atoms with Crippen LogP contribution in [0.5, 0.6) is 17.2 Å². The van der Waals surface area contributed by atoms with Gasteiger partial charge in [-0.2, -0.15) is 5.10 Å². The van der Waals surface area contributed by atoms with Gasteiger partial charge in [-0.05, 0) is 36.4 Å². The van der Waals surface area contributed by atoms with Crippen LogP contribution in [0.1, 0.15) is 16.1 Å². The third kappa shape index (κ3) is 4.47. The summed E-state index contributed by atoms with van der Waals surface area (Å²) in [5.41, 5.74) is 3.96. The minimum Gasteiger partial charge on any atom is -0.497 e. The zero-order valence-electron chi connectivity index (χ0n) is 15.6. The van der Waals surface area contributed by atoms with E-state index in [1.165, 1.54) is 12.5 Å². The van der Waals surface area contributed by atoms with Crippen molar-refractivity contribution >= 4 is 12.1 Å². The highest BCUT2D eigenvalue weighted by molar-refractivity contribution is 5.93. The van der Waals surface area contributed by atoms with Crippen LogP contribution in [-0.2, 0) is 0 Å². The van der Waals surface area contributed by atoms with Crippen molar-refractivity contribution in [3.8, 4) is 28.7 Å². The first-order chi connectivity index (χ1) is 13.6. The van der Waals surface area contributed by atoms with Crippen LogP contribution in [-0.4, -0.2) is 38.4 Å². The predicted octanol–water partition coefficient (Wildman–Crippen LogP) is 3.13. The number of aromatic nitrogens is 1. The van der Waals surface area contributed by atoms with Crippen molar-refractivity contribution in [2.24, 2.45) is 5.10 Å². The van der Waals surface area contributed by atoms with Crippen LogP contribution < -0.4 is 19.6 Å². The van der Waals surface area contributed by atoms with Gasteiger partial charge in [0, 0.05) is 17.2 Å². The number of carbonyl (C=O) groups excluding carboxylic acids is 1. The van der Waals surface area contributed by atoms with E-state index in [4.69, 9.17) is 18.6 Å². The fraction of sp³-hybridized carbons (Fsp3) is 0.150. The Kier molecular flexibility index (Phi) is 5.91. The summed E-state index contributed by atoms with van der Waals surface area (Å²) in [5, 5.41) is 3.94. The number of hydrogen-bond donors (Lipinski definition) is 1. The van der Waals surface area contributed by atoms with Gasteiger partial charge in [-0.15, -0.1) is 0 Å². The van der Waals surface area contributed by atoms with Crippen LogP contribution in [0, 0.1) is 0 Å². The summed E-state index contributed by atoms with van der Waals surface area (Å²) in [5.74, 6) is 1.79. The molecule has 1 N–H and O–H groups in total. The second-order valence-electron chi connectivity index (χ2n) is 5.61. The standard InChI is InChI=1S/C20H19N3O5/c1-25-15-6-4-14(5-7-15)20-22-18(12-28-20)19(24)23-21-11-13-8-16(26-2)10-17(9-13)27-3/h4-12H,1-3H3,(H,23,24)/b21-11+. The molecule has 1 amide bonds. The summed E-state index contributed by atoms with van der Waals surface area (Å²) in [7, 11) is 4.70. The lowest BCUT2D eigenvalue weighted by molar-refractivity contribution is 0.0950.